The van der Waals surface area contributed by atoms with Crippen LogP contribution in [0, 0.1) is 0 Å². The molecule has 0 fully saturated rings. The van der Waals surface area contributed by atoms with Gasteiger partial charge in [-0.1, -0.05) is 47.6 Å². The van der Waals surface area contributed by atoms with Gasteiger partial charge in [0.05, 0.1) is 12.8 Å². The van der Waals surface area contributed by atoms with Crippen LogP contribution in [0.2, 0.25) is 5.02 Å². The highest BCUT2D eigenvalue weighted by Gasteiger charge is 2.40. The Morgan fingerprint density at radius 2 is 1.63 bits per heavy atom. The van der Waals surface area contributed by atoms with Crippen LogP contribution in [0.4, 0.5) is 11.4 Å². The molecule has 1 N–H and O–H groups in total. The Balaban J connectivity index is 1.73. The first-order valence-corrected chi connectivity index (χ1v) is 10.3. The van der Waals surface area contributed by atoms with Crippen molar-refractivity contribution in [3.05, 3.63) is 94.5 Å². The Hall–Kier alpha value is -3.22. The van der Waals surface area contributed by atoms with E-state index in [2.05, 4.69) is 5.32 Å². The Labute approximate surface area is 183 Å². The number of halogens is 1. The lowest BCUT2D eigenvalue weighted by molar-refractivity contribution is -0.120. The average molecular weight is 437 g/mol. The Morgan fingerprint density at radius 1 is 0.900 bits per heavy atom. The quantitative estimate of drug-likeness (QED) is 0.529. The molecule has 150 valence electrons. The van der Waals surface area contributed by atoms with Crippen LogP contribution in [0.25, 0.3) is 0 Å². The van der Waals surface area contributed by atoms with Gasteiger partial charge in [0, 0.05) is 15.6 Å². The maximum Gasteiger partial charge on any atom is 0.283 e. The number of ether oxygens (including phenoxy) is 1. The maximum atomic E-state index is 13.3. The molecule has 4 rings (SSSR count). The van der Waals surface area contributed by atoms with E-state index in [9.17, 15) is 9.59 Å². The third-order valence-corrected chi connectivity index (χ3v) is 5.76. The summed E-state index contributed by atoms with van der Waals surface area (Å²) in [4.78, 5) is 28.8. The highest BCUT2D eigenvalue weighted by atomic mass is 35.5. The van der Waals surface area contributed by atoms with Crippen LogP contribution in [0.5, 0.6) is 5.75 Å². The van der Waals surface area contributed by atoms with E-state index in [-0.39, 0.29) is 5.70 Å². The first kappa shape index (κ1) is 20.1. The van der Waals surface area contributed by atoms with Crippen molar-refractivity contribution < 1.29 is 14.3 Å². The Bertz CT molecular complexity index is 1130. The zero-order valence-electron chi connectivity index (χ0n) is 16.0. The molecule has 30 heavy (non-hydrogen) atoms. The van der Waals surface area contributed by atoms with E-state index < -0.39 is 11.8 Å². The summed E-state index contributed by atoms with van der Waals surface area (Å²) in [5.74, 6) is -0.133. The molecule has 0 bridgehead atoms. The number of methoxy groups -OCH3 is 1. The normalized spacial score (nSPS) is 13.7. The Morgan fingerprint density at radius 3 is 2.30 bits per heavy atom. The van der Waals surface area contributed by atoms with Gasteiger partial charge < -0.3 is 10.1 Å². The fourth-order valence-corrected chi connectivity index (χ4v) is 4.12. The lowest BCUT2D eigenvalue weighted by Crippen LogP contribution is -2.32. The third-order valence-electron chi connectivity index (χ3n) is 4.43. The minimum absolute atomic E-state index is 0.221. The first-order valence-electron chi connectivity index (χ1n) is 9.09. The van der Waals surface area contributed by atoms with Crippen molar-refractivity contribution in [1.29, 1.82) is 0 Å². The molecule has 1 heterocycles. The van der Waals surface area contributed by atoms with Crippen molar-refractivity contribution in [2.45, 2.75) is 4.90 Å². The number of amides is 2. The molecular weight excluding hydrogens is 420 g/mol. The molecule has 3 aromatic rings. The summed E-state index contributed by atoms with van der Waals surface area (Å²) >= 11 is 7.33. The lowest BCUT2D eigenvalue weighted by atomic mass is 10.2. The summed E-state index contributed by atoms with van der Waals surface area (Å²) < 4.78 is 5.18. The summed E-state index contributed by atoms with van der Waals surface area (Å²) in [5.41, 5.74) is 1.32. The summed E-state index contributed by atoms with van der Waals surface area (Å²) in [6, 6.07) is 23.3. The zero-order chi connectivity index (χ0) is 21.1. The van der Waals surface area contributed by atoms with Crippen LogP contribution in [0.3, 0.4) is 0 Å². The van der Waals surface area contributed by atoms with Crippen LogP contribution in [-0.2, 0) is 9.59 Å². The van der Waals surface area contributed by atoms with Gasteiger partial charge in [0.15, 0.2) is 0 Å². The van der Waals surface area contributed by atoms with Crippen LogP contribution >= 0.6 is 23.4 Å². The second-order valence-corrected chi connectivity index (χ2v) is 7.92. The highest BCUT2D eigenvalue weighted by molar-refractivity contribution is 8.04. The van der Waals surface area contributed by atoms with Crippen LogP contribution in [0.15, 0.2) is 94.4 Å². The van der Waals surface area contributed by atoms with Crippen molar-refractivity contribution in [3.63, 3.8) is 0 Å². The summed E-state index contributed by atoms with van der Waals surface area (Å²) in [5, 5.41) is 3.56. The van der Waals surface area contributed by atoms with Crippen molar-refractivity contribution >= 4 is 46.6 Å². The molecule has 0 radical (unpaired) electrons. The molecule has 0 atom stereocenters. The third kappa shape index (κ3) is 4.06. The molecule has 5 nitrogen and oxygen atoms in total. The number of thioether (sulfide) groups is 1. The minimum atomic E-state index is -0.434. The van der Waals surface area contributed by atoms with E-state index in [1.807, 2.05) is 30.3 Å². The fraction of sp³-hybridized carbons (Fsp3) is 0.0435. The summed E-state index contributed by atoms with van der Waals surface area (Å²) in [7, 11) is 1.58. The molecule has 1 aliphatic heterocycles. The fourth-order valence-electron chi connectivity index (χ4n) is 2.99. The SMILES string of the molecule is COc1ccc(NC2=C(Sc3ccccc3)C(=O)N(c3cccc(Cl)c3)C2=O)cc1. The second-order valence-electron chi connectivity index (χ2n) is 6.40. The maximum absolute atomic E-state index is 13.3. The molecule has 0 unspecified atom stereocenters. The van der Waals surface area contributed by atoms with E-state index in [1.54, 1.807) is 55.6 Å². The topological polar surface area (TPSA) is 58.6 Å². The van der Waals surface area contributed by atoms with E-state index in [4.69, 9.17) is 16.3 Å². The number of hydrogen-bond donors (Lipinski definition) is 1. The molecule has 0 saturated heterocycles. The molecule has 0 saturated carbocycles. The van der Waals surface area contributed by atoms with Crippen molar-refractivity contribution in [2.24, 2.45) is 0 Å². The minimum Gasteiger partial charge on any atom is -0.497 e. The lowest BCUT2D eigenvalue weighted by Gasteiger charge is -2.15. The predicted octanol–water partition coefficient (Wildman–Crippen LogP) is 5.34. The second kappa shape index (κ2) is 8.65. The number of nitrogens with one attached hydrogen (secondary N) is 1. The van der Waals surface area contributed by atoms with Gasteiger partial charge in [-0.05, 0) is 54.6 Å². The van der Waals surface area contributed by atoms with Gasteiger partial charge in [0.25, 0.3) is 11.8 Å². The smallest absolute Gasteiger partial charge is 0.283 e. The number of hydrogen-bond acceptors (Lipinski definition) is 5. The van der Waals surface area contributed by atoms with Crippen molar-refractivity contribution in [2.75, 3.05) is 17.3 Å². The molecule has 0 aromatic heterocycles. The molecule has 3 aromatic carbocycles. The van der Waals surface area contributed by atoms with Gasteiger partial charge in [0.2, 0.25) is 0 Å². The van der Waals surface area contributed by atoms with Gasteiger partial charge in [-0.3, -0.25) is 9.59 Å². The van der Waals surface area contributed by atoms with E-state index in [1.165, 1.54) is 11.8 Å². The summed E-state index contributed by atoms with van der Waals surface area (Å²) in [6.07, 6.45) is 0. The number of imide groups is 1. The highest BCUT2D eigenvalue weighted by Crippen LogP contribution is 2.38. The summed E-state index contributed by atoms with van der Waals surface area (Å²) in [6.45, 7) is 0. The number of anilines is 2. The van der Waals surface area contributed by atoms with E-state index in [0.29, 0.717) is 27.1 Å². The number of nitrogens with zero attached hydrogens (tertiary/aromatic N) is 1. The number of benzene rings is 3. The molecule has 0 spiro atoms. The molecule has 2 amide bonds. The Kier molecular flexibility index (Phi) is 5.79. The van der Waals surface area contributed by atoms with Crippen LogP contribution < -0.4 is 15.0 Å². The zero-order valence-corrected chi connectivity index (χ0v) is 17.5. The average Bonchev–Trinajstić information content (AvgIpc) is 2.99. The standard InChI is InChI=1S/C23H17ClN2O3S/c1-29-18-12-10-16(11-13-18)25-20-21(30-19-8-3-2-4-9-19)23(28)26(22(20)27)17-7-5-6-15(24)14-17/h2-14,25H,1H3. The van der Waals surface area contributed by atoms with Crippen LogP contribution in [0.1, 0.15) is 0 Å². The number of carbonyl (C=O) groups excluding carboxylic acids is 2. The van der Waals surface area contributed by atoms with Gasteiger partial charge in [-0.2, -0.15) is 0 Å². The molecule has 7 heteroatoms. The molecular formula is C23H17ClN2O3S. The van der Waals surface area contributed by atoms with E-state index >= 15 is 0 Å². The van der Waals surface area contributed by atoms with Gasteiger partial charge >= 0.3 is 0 Å². The predicted molar refractivity (Wildman–Crippen MR) is 120 cm³/mol. The van der Waals surface area contributed by atoms with Crippen LogP contribution in [-0.4, -0.2) is 18.9 Å². The first-order chi connectivity index (χ1) is 14.6. The monoisotopic (exact) mass is 436 g/mol. The van der Waals surface area contributed by atoms with Crippen molar-refractivity contribution in [1.82, 2.24) is 0 Å². The van der Waals surface area contributed by atoms with Crippen molar-refractivity contribution in [3.8, 4) is 5.75 Å². The van der Waals surface area contributed by atoms with Gasteiger partial charge in [0.1, 0.15) is 16.4 Å². The largest absolute Gasteiger partial charge is 0.497 e. The molecule has 1 aliphatic rings. The number of rotatable bonds is 6. The van der Waals surface area contributed by atoms with E-state index in [0.717, 1.165) is 9.80 Å². The van der Waals surface area contributed by atoms with Gasteiger partial charge in [-0.25, -0.2) is 4.90 Å². The van der Waals surface area contributed by atoms with Gasteiger partial charge in [-0.15, -0.1) is 0 Å². The molecule has 0 aliphatic carbocycles. The number of carbonyl (C=O) groups is 2.